The fourth-order valence-corrected chi connectivity index (χ4v) is 8.98. The zero-order chi connectivity index (χ0) is 44.5. The Morgan fingerprint density at radius 2 is 1.05 bits per heavy atom. The smallest absolute Gasteiger partial charge is 0.308 e. The Morgan fingerprint density at radius 3 is 1.46 bits per heavy atom. The van der Waals surface area contributed by atoms with E-state index in [1.165, 1.54) is 23.5 Å². The van der Waals surface area contributed by atoms with Crippen molar-refractivity contribution in [2.45, 2.75) is 141 Å². The van der Waals surface area contributed by atoms with Gasteiger partial charge in [0.25, 0.3) is 0 Å². The molecule has 0 saturated carbocycles. The van der Waals surface area contributed by atoms with Crippen LogP contribution in [0, 0.1) is 0 Å². The molecule has 2 rings (SSSR count). The monoisotopic (exact) mass is 902 g/mol. The summed E-state index contributed by atoms with van der Waals surface area (Å²) in [5.41, 5.74) is 2.06. The maximum atomic E-state index is 12.5. The van der Waals surface area contributed by atoms with Gasteiger partial charge in [0.2, 0.25) is 0 Å². The van der Waals surface area contributed by atoms with E-state index in [4.69, 9.17) is 13.9 Å². The minimum atomic E-state index is -2.04. The molecule has 330 valence electrons. The number of benzene rings is 2. The molecule has 0 bridgehead atoms. The van der Waals surface area contributed by atoms with Crippen molar-refractivity contribution >= 4 is 70.2 Å². The van der Waals surface area contributed by atoms with Gasteiger partial charge in [-0.05, 0) is 54.2 Å². The molecule has 1 N–H and O–H groups in total. The Balaban J connectivity index is 0.000000607. The molecule has 2 atom stereocenters. The fraction of sp³-hybridized carbons (Fsp3) is 0.565. The molecular formula is C46H74O8S2Si3. The summed E-state index contributed by atoms with van der Waals surface area (Å²) >= 11 is 2.65. The number of allylic oxidation sites excluding steroid dienone is 2. The van der Waals surface area contributed by atoms with Crippen LogP contribution >= 0.6 is 23.5 Å². The van der Waals surface area contributed by atoms with Crippen LogP contribution in [0.2, 0.25) is 69.5 Å². The summed E-state index contributed by atoms with van der Waals surface area (Å²) in [7, 11) is -4.49. The van der Waals surface area contributed by atoms with Gasteiger partial charge in [-0.3, -0.25) is 19.2 Å². The van der Waals surface area contributed by atoms with Crippen molar-refractivity contribution in [3.8, 4) is 0 Å². The fourth-order valence-electron chi connectivity index (χ4n) is 4.78. The Kier molecular flexibility index (Phi) is 26.0. The third kappa shape index (κ3) is 29.4. The highest BCUT2D eigenvalue weighted by Crippen LogP contribution is 2.38. The second-order valence-electron chi connectivity index (χ2n) is 18.7. The number of aliphatic hydroxyl groups excluding tert-OH is 1. The van der Waals surface area contributed by atoms with E-state index in [9.17, 15) is 24.3 Å². The van der Waals surface area contributed by atoms with Gasteiger partial charge in [-0.25, -0.2) is 0 Å². The van der Waals surface area contributed by atoms with Crippen LogP contribution < -0.4 is 0 Å². The first-order chi connectivity index (χ1) is 27.5. The van der Waals surface area contributed by atoms with Crippen molar-refractivity contribution in [1.82, 2.24) is 0 Å². The van der Waals surface area contributed by atoms with Crippen LogP contribution in [-0.2, 0) is 45.9 Å². The highest BCUT2D eigenvalue weighted by atomic mass is 32.2. The minimum absolute atomic E-state index is 0.0255. The van der Waals surface area contributed by atoms with Crippen LogP contribution in [0.3, 0.4) is 0 Å². The number of rotatable bonds is 24. The third-order valence-electron chi connectivity index (χ3n) is 9.41. The minimum Gasteiger partial charge on any atom is -0.466 e. The first kappa shape index (κ1) is 54.5. The second-order valence-corrected chi connectivity index (χ2v) is 37.0. The van der Waals surface area contributed by atoms with E-state index >= 15 is 0 Å². The number of aliphatic hydroxyl groups is 1. The Morgan fingerprint density at radius 1 is 0.644 bits per heavy atom. The van der Waals surface area contributed by atoms with E-state index < -0.39 is 30.6 Å². The first-order valence-corrected chi connectivity index (χ1v) is 33.1. The van der Waals surface area contributed by atoms with E-state index in [1.807, 2.05) is 78.9 Å². The maximum absolute atomic E-state index is 12.5. The molecule has 0 unspecified atom stereocenters. The lowest BCUT2D eigenvalue weighted by molar-refractivity contribution is -0.145. The van der Waals surface area contributed by atoms with Crippen molar-refractivity contribution in [3.63, 3.8) is 0 Å². The second kappa shape index (κ2) is 28.1. The molecule has 0 heterocycles. The summed E-state index contributed by atoms with van der Waals surface area (Å²) < 4.78 is 17.2. The number of carbonyl (C=O) groups excluding carboxylic acids is 4. The first-order valence-electron chi connectivity index (χ1n) is 20.9. The maximum Gasteiger partial charge on any atom is 0.308 e. The molecule has 0 aliphatic carbocycles. The van der Waals surface area contributed by atoms with Gasteiger partial charge in [-0.1, -0.05) is 169 Å². The summed E-state index contributed by atoms with van der Waals surface area (Å²) in [6.07, 6.45) is 8.83. The van der Waals surface area contributed by atoms with Crippen molar-refractivity contribution in [2.24, 2.45) is 0 Å². The topological polar surface area (TPSA) is 116 Å². The molecule has 2 aromatic carbocycles. The van der Waals surface area contributed by atoms with Crippen LogP contribution in [0.4, 0.5) is 0 Å². The Bertz CT molecular complexity index is 1580. The van der Waals surface area contributed by atoms with E-state index in [-0.39, 0.29) is 46.2 Å². The van der Waals surface area contributed by atoms with Crippen molar-refractivity contribution in [2.75, 3.05) is 24.7 Å². The van der Waals surface area contributed by atoms with Crippen LogP contribution in [0.15, 0.2) is 85.0 Å². The van der Waals surface area contributed by atoms with E-state index in [2.05, 4.69) is 73.1 Å². The molecule has 0 fully saturated rings. The van der Waals surface area contributed by atoms with Gasteiger partial charge in [-0.2, -0.15) is 0 Å². The molecule has 0 aliphatic rings. The predicted molar refractivity (Wildman–Crippen MR) is 258 cm³/mol. The normalized spacial score (nSPS) is 13.4. The summed E-state index contributed by atoms with van der Waals surface area (Å²) in [5.74, 6) is 0.812. The quantitative estimate of drug-likeness (QED) is 0.0472. The average Bonchev–Trinajstić information content (AvgIpc) is 3.10. The third-order valence-corrected chi connectivity index (χ3v) is 19.1. The Hall–Kier alpha value is -2.53. The summed E-state index contributed by atoms with van der Waals surface area (Å²) in [6, 6.07) is 21.4. The van der Waals surface area contributed by atoms with Crippen LogP contribution in [0.25, 0.3) is 0 Å². The van der Waals surface area contributed by atoms with Gasteiger partial charge < -0.3 is 19.0 Å². The summed E-state index contributed by atoms with van der Waals surface area (Å²) in [4.78, 5) is 48.2. The van der Waals surface area contributed by atoms with E-state index in [0.29, 0.717) is 38.2 Å². The highest BCUT2D eigenvalue weighted by molar-refractivity contribution is 8.13. The predicted octanol–water partition coefficient (Wildman–Crippen LogP) is 11.2. The van der Waals surface area contributed by atoms with Gasteiger partial charge in [0.15, 0.2) is 18.5 Å². The van der Waals surface area contributed by atoms with Gasteiger partial charge in [0.1, 0.15) is 0 Å². The number of carbonyl (C=O) groups is 4. The standard InChI is InChI=1S/C26H44O4SSi2.C20H30O4SSi/c1-26(2,3)33(7,8)30-23(21-24(27)29-17-19-32(4,5)6)16-12-13-18-31-25(28)20-22-14-10-9-11-15-22;1-26(2,3)14-12-24-19(22)16-18(21)11-7-8-13-25-20(23)15-17-9-5-4-6-10-17/h9-12,14-16,23H,13,17-21H2,1-8H3;4-7,9-11,18,21H,8,12-16H2,1-3H3/b16-12+;11-7+/t23-;18-/m11/s1. The van der Waals surface area contributed by atoms with Crippen molar-refractivity contribution in [1.29, 1.82) is 0 Å². The molecule has 0 radical (unpaired) electrons. The van der Waals surface area contributed by atoms with Crippen LogP contribution in [-0.4, -0.2) is 88.7 Å². The molecule has 2 aromatic rings. The molecule has 0 aliphatic heterocycles. The summed E-state index contributed by atoms with van der Waals surface area (Å²) in [6.45, 7) is 25.4. The molecular weight excluding hydrogens is 829 g/mol. The van der Waals surface area contributed by atoms with Crippen molar-refractivity contribution < 1.29 is 38.2 Å². The number of hydrogen-bond donors (Lipinski definition) is 1. The molecule has 13 heteroatoms. The average molecular weight is 903 g/mol. The van der Waals surface area contributed by atoms with E-state index in [1.54, 1.807) is 6.08 Å². The van der Waals surface area contributed by atoms with Crippen molar-refractivity contribution in [3.05, 3.63) is 96.1 Å². The van der Waals surface area contributed by atoms with Gasteiger partial charge in [-0.15, -0.1) is 0 Å². The lowest BCUT2D eigenvalue weighted by atomic mass is 10.2. The zero-order valence-corrected chi connectivity index (χ0v) is 42.5. The zero-order valence-electron chi connectivity index (χ0n) is 37.8. The SMILES string of the molecule is CC(C)(C)[Si](C)(C)O[C@H](/C=C/CCSC(=O)Cc1ccccc1)CC(=O)OCC[Si](C)(C)C.C[Si](C)(C)CCOC(=O)C[C@H](O)/C=C/CCSC(=O)Cc1ccccc1. The van der Waals surface area contributed by atoms with Crippen LogP contribution in [0.5, 0.6) is 0 Å². The molecule has 0 saturated heterocycles. The molecule has 0 amide bonds. The summed E-state index contributed by atoms with van der Waals surface area (Å²) in [5, 5.41) is 10.2. The molecule has 0 spiro atoms. The number of esters is 2. The highest BCUT2D eigenvalue weighted by Gasteiger charge is 2.39. The lowest BCUT2D eigenvalue weighted by Crippen LogP contribution is -2.44. The number of thioether (sulfide) groups is 2. The molecule has 8 nitrogen and oxygen atoms in total. The van der Waals surface area contributed by atoms with E-state index in [0.717, 1.165) is 35.4 Å². The number of ether oxygens (including phenoxy) is 2. The van der Waals surface area contributed by atoms with Gasteiger partial charge in [0.05, 0.1) is 38.3 Å². The van der Waals surface area contributed by atoms with Gasteiger partial charge >= 0.3 is 11.9 Å². The lowest BCUT2D eigenvalue weighted by Gasteiger charge is -2.38. The molecule has 0 aromatic heterocycles. The van der Waals surface area contributed by atoms with Gasteiger partial charge in [0, 0.05) is 40.5 Å². The Labute approximate surface area is 368 Å². The largest absolute Gasteiger partial charge is 0.466 e. The van der Waals surface area contributed by atoms with Crippen LogP contribution in [0.1, 0.15) is 57.6 Å². The number of hydrogen-bond acceptors (Lipinski definition) is 10. The molecule has 59 heavy (non-hydrogen) atoms.